The maximum absolute atomic E-state index is 12.7. The predicted molar refractivity (Wildman–Crippen MR) is 99.7 cm³/mol. The Morgan fingerprint density at radius 2 is 1.96 bits per heavy atom. The highest BCUT2D eigenvalue weighted by Gasteiger charge is 2.26. The van der Waals surface area contributed by atoms with E-state index in [0.29, 0.717) is 0 Å². The van der Waals surface area contributed by atoms with E-state index in [1.54, 1.807) is 7.11 Å². The quantitative estimate of drug-likeness (QED) is 0.888. The van der Waals surface area contributed by atoms with E-state index in [1.807, 2.05) is 18.2 Å². The Balaban J connectivity index is 1.59. The Labute approximate surface area is 151 Å². The van der Waals surface area contributed by atoms with E-state index >= 15 is 0 Å². The van der Waals surface area contributed by atoms with Gasteiger partial charge in [0.2, 0.25) is 0 Å². The number of nitrogens with zero attached hydrogens (tertiary/aromatic N) is 2. The maximum Gasteiger partial charge on any atom is 0.251 e. The number of ether oxygens (including phenoxy) is 1. The molecule has 1 aliphatic carbocycles. The monoisotopic (exact) mass is 345 g/mol. The smallest absolute Gasteiger partial charge is 0.251 e. The lowest BCUT2D eigenvalue weighted by molar-refractivity contribution is 0.0392. The first kappa shape index (κ1) is 18.4. The molecule has 0 unspecified atom stereocenters. The summed E-state index contributed by atoms with van der Waals surface area (Å²) in [6.07, 6.45) is 4.53. The number of nitrogens with one attached hydrogen (secondary N) is 1. The number of amides is 1. The second-order valence-electron chi connectivity index (χ2n) is 7.42. The number of methoxy groups -OCH3 is 1. The van der Waals surface area contributed by atoms with Gasteiger partial charge in [-0.2, -0.15) is 0 Å². The minimum absolute atomic E-state index is 0.0224. The second-order valence-corrected chi connectivity index (χ2v) is 7.42. The van der Waals surface area contributed by atoms with Gasteiger partial charge in [-0.1, -0.05) is 25.0 Å². The fraction of sp³-hybridized carbons (Fsp3) is 0.650. The van der Waals surface area contributed by atoms with Crippen molar-refractivity contribution in [1.82, 2.24) is 15.1 Å². The molecular formula is C20H31N3O2. The summed E-state index contributed by atoms with van der Waals surface area (Å²) in [4.78, 5) is 17.5. The summed E-state index contributed by atoms with van der Waals surface area (Å²) in [5.74, 6) is 0.0224. The number of likely N-dealkylation sites (N-methyl/N-ethyl adjacent to an activating group) is 1. The molecule has 0 spiro atoms. The molecule has 1 aliphatic heterocycles. The van der Waals surface area contributed by atoms with Gasteiger partial charge < -0.3 is 15.0 Å². The first-order valence-electron chi connectivity index (χ1n) is 9.49. The van der Waals surface area contributed by atoms with Crippen LogP contribution in [0.5, 0.6) is 0 Å². The summed E-state index contributed by atoms with van der Waals surface area (Å²) in [6, 6.07) is 8.20. The molecule has 1 heterocycles. The standard InChI is InChI=1S/C20H31N3O2/c1-22-10-12-23(13-11-22)15-16-6-5-7-17(14-16)20(24)21-18-8-3-4-9-19(18)25-2/h5-7,14,18-19H,3-4,8-13,15H2,1-2H3,(H,21,24)/t18-,19+/m0/s1. The number of hydrogen-bond acceptors (Lipinski definition) is 4. The average molecular weight is 345 g/mol. The zero-order chi connectivity index (χ0) is 17.6. The lowest BCUT2D eigenvalue weighted by atomic mass is 9.92. The summed E-state index contributed by atoms with van der Waals surface area (Å²) < 4.78 is 5.55. The first-order valence-corrected chi connectivity index (χ1v) is 9.49. The number of carbonyl (C=O) groups is 1. The van der Waals surface area contributed by atoms with Gasteiger partial charge in [0.05, 0.1) is 12.1 Å². The zero-order valence-corrected chi connectivity index (χ0v) is 15.5. The van der Waals surface area contributed by atoms with E-state index in [2.05, 4.69) is 28.2 Å². The third-order valence-corrected chi connectivity index (χ3v) is 5.51. The molecule has 5 nitrogen and oxygen atoms in total. The third-order valence-electron chi connectivity index (χ3n) is 5.51. The van der Waals surface area contributed by atoms with Crippen LogP contribution in [0.15, 0.2) is 24.3 Å². The lowest BCUT2D eigenvalue weighted by Crippen LogP contribution is -2.46. The molecule has 3 rings (SSSR count). The molecule has 2 atom stereocenters. The molecule has 0 bridgehead atoms. The van der Waals surface area contributed by atoms with Gasteiger partial charge in [-0.3, -0.25) is 9.69 Å². The van der Waals surface area contributed by atoms with Crippen molar-refractivity contribution in [3.63, 3.8) is 0 Å². The number of benzene rings is 1. The molecule has 2 aliphatic rings. The topological polar surface area (TPSA) is 44.8 Å². The minimum atomic E-state index is 0.0224. The molecule has 1 saturated heterocycles. The summed E-state index contributed by atoms with van der Waals surface area (Å²) in [5, 5.41) is 3.19. The molecule has 1 aromatic rings. The Bertz CT molecular complexity index is 570. The minimum Gasteiger partial charge on any atom is -0.379 e. The van der Waals surface area contributed by atoms with Gasteiger partial charge in [0.1, 0.15) is 0 Å². The van der Waals surface area contributed by atoms with Gasteiger partial charge >= 0.3 is 0 Å². The van der Waals surface area contributed by atoms with Gasteiger partial charge in [0.25, 0.3) is 5.91 Å². The van der Waals surface area contributed by atoms with Crippen LogP contribution in [-0.2, 0) is 11.3 Å². The van der Waals surface area contributed by atoms with E-state index in [-0.39, 0.29) is 18.1 Å². The third kappa shape index (κ3) is 5.03. The van der Waals surface area contributed by atoms with Crippen molar-refractivity contribution >= 4 is 5.91 Å². The van der Waals surface area contributed by atoms with Crippen LogP contribution in [-0.4, -0.2) is 68.2 Å². The highest BCUT2D eigenvalue weighted by Crippen LogP contribution is 2.21. The van der Waals surface area contributed by atoms with Crippen LogP contribution in [0, 0.1) is 0 Å². The highest BCUT2D eigenvalue weighted by atomic mass is 16.5. The number of carbonyl (C=O) groups excluding carboxylic acids is 1. The van der Waals surface area contributed by atoms with E-state index in [1.165, 1.54) is 12.0 Å². The fourth-order valence-corrected chi connectivity index (χ4v) is 3.87. The average Bonchev–Trinajstić information content (AvgIpc) is 2.64. The number of rotatable bonds is 5. The van der Waals surface area contributed by atoms with Gasteiger partial charge in [0, 0.05) is 45.4 Å². The van der Waals surface area contributed by atoms with Crippen molar-refractivity contribution in [2.75, 3.05) is 40.3 Å². The Morgan fingerprint density at radius 1 is 1.20 bits per heavy atom. The largest absolute Gasteiger partial charge is 0.379 e. The molecule has 0 aromatic heterocycles. The van der Waals surface area contributed by atoms with Crippen molar-refractivity contribution in [1.29, 1.82) is 0 Å². The van der Waals surface area contributed by atoms with Crippen LogP contribution in [0.4, 0.5) is 0 Å². The summed E-state index contributed by atoms with van der Waals surface area (Å²) >= 11 is 0. The van der Waals surface area contributed by atoms with Crippen LogP contribution >= 0.6 is 0 Å². The van der Waals surface area contributed by atoms with Gasteiger partial charge in [-0.05, 0) is 37.6 Å². The van der Waals surface area contributed by atoms with Gasteiger partial charge in [-0.15, -0.1) is 0 Å². The number of piperazine rings is 1. The maximum atomic E-state index is 12.7. The molecule has 138 valence electrons. The lowest BCUT2D eigenvalue weighted by Gasteiger charge is -2.32. The van der Waals surface area contributed by atoms with Crippen LogP contribution in [0.3, 0.4) is 0 Å². The van der Waals surface area contributed by atoms with Crippen LogP contribution < -0.4 is 5.32 Å². The summed E-state index contributed by atoms with van der Waals surface area (Å²) in [6.45, 7) is 5.31. The van der Waals surface area contributed by atoms with Crippen LogP contribution in [0.25, 0.3) is 0 Å². The number of hydrogen-bond donors (Lipinski definition) is 1. The second kappa shape index (κ2) is 8.79. The molecular weight excluding hydrogens is 314 g/mol. The van der Waals surface area contributed by atoms with E-state index in [4.69, 9.17) is 4.74 Å². The molecule has 0 radical (unpaired) electrons. The summed E-state index contributed by atoms with van der Waals surface area (Å²) in [5.41, 5.74) is 1.97. The predicted octanol–water partition coefficient (Wildman–Crippen LogP) is 2.12. The normalized spacial score (nSPS) is 25.7. The van der Waals surface area contributed by atoms with Crippen molar-refractivity contribution in [2.24, 2.45) is 0 Å². The zero-order valence-electron chi connectivity index (χ0n) is 15.5. The highest BCUT2D eigenvalue weighted by molar-refractivity contribution is 5.94. The molecule has 1 saturated carbocycles. The van der Waals surface area contributed by atoms with Crippen LogP contribution in [0.2, 0.25) is 0 Å². The van der Waals surface area contributed by atoms with E-state index in [9.17, 15) is 4.79 Å². The molecule has 1 amide bonds. The molecule has 1 aromatic carbocycles. The molecule has 5 heteroatoms. The fourth-order valence-electron chi connectivity index (χ4n) is 3.87. The summed E-state index contributed by atoms with van der Waals surface area (Å²) in [7, 11) is 3.91. The van der Waals surface area contributed by atoms with E-state index < -0.39 is 0 Å². The van der Waals surface area contributed by atoms with Gasteiger partial charge in [0.15, 0.2) is 0 Å². The van der Waals surface area contributed by atoms with E-state index in [0.717, 1.165) is 57.5 Å². The Hall–Kier alpha value is -1.43. The van der Waals surface area contributed by atoms with Gasteiger partial charge in [-0.25, -0.2) is 0 Å². The Morgan fingerprint density at radius 3 is 2.72 bits per heavy atom. The molecule has 2 fully saturated rings. The molecule has 25 heavy (non-hydrogen) atoms. The van der Waals surface area contributed by atoms with Crippen molar-refractivity contribution in [3.8, 4) is 0 Å². The Kier molecular flexibility index (Phi) is 6.45. The van der Waals surface area contributed by atoms with Crippen molar-refractivity contribution in [2.45, 2.75) is 44.4 Å². The van der Waals surface area contributed by atoms with Crippen molar-refractivity contribution < 1.29 is 9.53 Å². The van der Waals surface area contributed by atoms with Crippen LogP contribution in [0.1, 0.15) is 41.6 Å². The molecule has 1 N–H and O–H groups in total. The van der Waals surface area contributed by atoms with Crippen molar-refractivity contribution in [3.05, 3.63) is 35.4 Å². The SMILES string of the molecule is CO[C@@H]1CCCC[C@@H]1NC(=O)c1cccc(CN2CCN(C)CC2)c1. The first-order chi connectivity index (χ1) is 12.2.